The predicted octanol–water partition coefficient (Wildman–Crippen LogP) is 4.53. The van der Waals surface area contributed by atoms with E-state index in [1.807, 2.05) is 6.07 Å². The third kappa shape index (κ3) is 3.22. The Morgan fingerprint density at radius 1 is 1.25 bits per heavy atom. The van der Waals surface area contributed by atoms with Gasteiger partial charge in [0.05, 0.1) is 4.34 Å². The van der Waals surface area contributed by atoms with Crippen molar-refractivity contribution in [2.24, 2.45) is 0 Å². The van der Waals surface area contributed by atoms with Crippen LogP contribution < -0.4 is 5.32 Å². The fourth-order valence-electron chi connectivity index (χ4n) is 3.17. The second-order valence-corrected chi connectivity index (χ2v) is 8.06. The van der Waals surface area contributed by atoms with E-state index in [9.17, 15) is 0 Å². The van der Waals surface area contributed by atoms with Crippen molar-refractivity contribution in [1.29, 1.82) is 0 Å². The van der Waals surface area contributed by atoms with Crippen LogP contribution in [0.3, 0.4) is 0 Å². The Morgan fingerprint density at radius 3 is 2.45 bits per heavy atom. The van der Waals surface area contributed by atoms with Gasteiger partial charge < -0.3 is 5.32 Å². The summed E-state index contributed by atoms with van der Waals surface area (Å²) in [5, 5.41) is 3.79. The largest absolute Gasteiger partial charge is 0.308 e. The average molecular weight is 315 g/mol. The van der Waals surface area contributed by atoms with E-state index in [4.69, 9.17) is 11.6 Å². The molecule has 2 nitrogen and oxygen atoms in total. The lowest BCUT2D eigenvalue weighted by Crippen LogP contribution is -2.68. The molecule has 1 aromatic heterocycles. The highest BCUT2D eigenvalue weighted by atomic mass is 35.5. The van der Waals surface area contributed by atoms with Gasteiger partial charge in [0.25, 0.3) is 0 Å². The molecule has 0 saturated carbocycles. The van der Waals surface area contributed by atoms with Crippen molar-refractivity contribution in [3.63, 3.8) is 0 Å². The van der Waals surface area contributed by atoms with Crippen molar-refractivity contribution in [1.82, 2.24) is 10.2 Å². The molecule has 1 saturated heterocycles. The van der Waals surface area contributed by atoms with E-state index < -0.39 is 0 Å². The van der Waals surface area contributed by atoms with Gasteiger partial charge in [-0.25, -0.2) is 0 Å². The van der Waals surface area contributed by atoms with E-state index in [-0.39, 0.29) is 11.1 Å². The van der Waals surface area contributed by atoms with Crippen molar-refractivity contribution in [2.45, 2.75) is 64.6 Å². The minimum absolute atomic E-state index is 0.231. The van der Waals surface area contributed by atoms with Gasteiger partial charge in [-0.1, -0.05) is 32.4 Å². The molecule has 1 aliphatic heterocycles. The molecule has 0 amide bonds. The second kappa shape index (κ2) is 6.35. The molecule has 4 heteroatoms. The molecule has 1 aromatic rings. The average Bonchev–Trinajstić information content (AvgIpc) is 2.85. The van der Waals surface area contributed by atoms with Gasteiger partial charge in [-0.3, -0.25) is 4.90 Å². The lowest BCUT2D eigenvalue weighted by Gasteiger charge is -2.53. The van der Waals surface area contributed by atoms with Crippen LogP contribution >= 0.6 is 22.9 Å². The summed E-state index contributed by atoms with van der Waals surface area (Å²) >= 11 is 7.80. The molecule has 1 fully saturated rings. The molecule has 0 aliphatic carbocycles. The molecule has 0 bridgehead atoms. The number of piperazine rings is 1. The molecule has 114 valence electrons. The van der Waals surface area contributed by atoms with Crippen molar-refractivity contribution in [3.05, 3.63) is 21.3 Å². The summed E-state index contributed by atoms with van der Waals surface area (Å²) in [6.07, 6.45) is 3.54. The van der Waals surface area contributed by atoms with E-state index >= 15 is 0 Å². The number of hydrogen-bond donors (Lipinski definition) is 1. The van der Waals surface area contributed by atoms with E-state index in [1.165, 1.54) is 17.7 Å². The SMILES string of the molecule is CCC1(C)CN(Cc2ccc(Cl)s2)C(CC)(CC)CN1. The third-order valence-corrected chi connectivity index (χ3v) is 6.34. The Hall–Kier alpha value is -0.0900. The van der Waals surface area contributed by atoms with E-state index in [2.05, 4.69) is 44.0 Å². The van der Waals surface area contributed by atoms with Gasteiger partial charge in [0.1, 0.15) is 0 Å². The highest BCUT2D eigenvalue weighted by Gasteiger charge is 2.42. The van der Waals surface area contributed by atoms with Gasteiger partial charge >= 0.3 is 0 Å². The molecule has 1 N–H and O–H groups in total. The van der Waals surface area contributed by atoms with Gasteiger partial charge in [0.15, 0.2) is 0 Å². The Morgan fingerprint density at radius 2 is 1.95 bits per heavy atom. The summed E-state index contributed by atoms with van der Waals surface area (Å²) in [6.45, 7) is 12.5. The summed E-state index contributed by atoms with van der Waals surface area (Å²) < 4.78 is 0.895. The molecule has 20 heavy (non-hydrogen) atoms. The topological polar surface area (TPSA) is 15.3 Å². The lowest BCUT2D eigenvalue weighted by atomic mass is 9.82. The molecule has 2 heterocycles. The van der Waals surface area contributed by atoms with Crippen LogP contribution in [0.25, 0.3) is 0 Å². The molecule has 0 radical (unpaired) electrons. The van der Waals surface area contributed by atoms with Crippen molar-refractivity contribution in [3.8, 4) is 0 Å². The molecule has 2 rings (SSSR count). The number of nitrogens with zero attached hydrogens (tertiary/aromatic N) is 1. The van der Waals surface area contributed by atoms with Crippen LogP contribution in [0.2, 0.25) is 4.34 Å². The second-order valence-electron chi connectivity index (χ2n) is 6.26. The molecule has 0 spiro atoms. The molecular formula is C16H27ClN2S. The predicted molar refractivity (Wildman–Crippen MR) is 89.8 cm³/mol. The standard InChI is InChI=1S/C16H27ClN2S/c1-5-15(4)12-19(10-13-8-9-14(17)20-13)16(6-2,7-3)11-18-15/h8-9,18H,5-7,10-12H2,1-4H3. The first-order chi connectivity index (χ1) is 9.47. The first-order valence-corrected chi connectivity index (χ1v) is 8.90. The molecule has 1 atom stereocenters. The number of thiophene rings is 1. The van der Waals surface area contributed by atoms with E-state index in [1.54, 1.807) is 11.3 Å². The monoisotopic (exact) mass is 314 g/mol. The summed E-state index contributed by atoms with van der Waals surface area (Å²) in [6, 6.07) is 4.19. The van der Waals surface area contributed by atoms with Crippen LogP contribution in [0.15, 0.2) is 12.1 Å². The fraction of sp³-hybridized carbons (Fsp3) is 0.750. The maximum Gasteiger partial charge on any atom is 0.0931 e. The van der Waals surface area contributed by atoms with Gasteiger partial charge in [0.2, 0.25) is 0 Å². The Labute approximate surface area is 132 Å². The van der Waals surface area contributed by atoms with E-state index in [0.29, 0.717) is 0 Å². The first-order valence-electron chi connectivity index (χ1n) is 7.71. The van der Waals surface area contributed by atoms with Crippen LogP contribution in [0.5, 0.6) is 0 Å². The van der Waals surface area contributed by atoms with Gasteiger partial charge in [0, 0.05) is 35.6 Å². The van der Waals surface area contributed by atoms with Crippen LogP contribution in [0.4, 0.5) is 0 Å². The maximum atomic E-state index is 6.09. The van der Waals surface area contributed by atoms with Crippen LogP contribution in [0.1, 0.15) is 51.8 Å². The minimum Gasteiger partial charge on any atom is -0.308 e. The number of nitrogens with one attached hydrogen (secondary N) is 1. The Balaban J connectivity index is 2.21. The normalized spacial score (nSPS) is 26.9. The summed E-state index contributed by atoms with van der Waals surface area (Å²) in [5.41, 5.74) is 0.514. The number of hydrogen-bond acceptors (Lipinski definition) is 3. The zero-order valence-corrected chi connectivity index (χ0v) is 14.7. The third-order valence-electron chi connectivity index (χ3n) is 5.13. The molecule has 1 unspecified atom stereocenters. The smallest absolute Gasteiger partial charge is 0.0931 e. The number of rotatable bonds is 5. The summed E-state index contributed by atoms with van der Waals surface area (Å²) in [4.78, 5) is 4.07. The highest BCUT2D eigenvalue weighted by Crippen LogP contribution is 2.34. The summed E-state index contributed by atoms with van der Waals surface area (Å²) in [7, 11) is 0. The summed E-state index contributed by atoms with van der Waals surface area (Å²) in [5.74, 6) is 0. The molecular weight excluding hydrogens is 288 g/mol. The van der Waals surface area contributed by atoms with Crippen molar-refractivity contribution in [2.75, 3.05) is 13.1 Å². The van der Waals surface area contributed by atoms with Gasteiger partial charge in [-0.2, -0.15) is 0 Å². The fourth-order valence-corrected chi connectivity index (χ4v) is 4.27. The van der Waals surface area contributed by atoms with Crippen LogP contribution in [-0.2, 0) is 6.54 Å². The molecule has 1 aliphatic rings. The van der Waals surface area contributed by atoms with Crippen molar-refractivity contribution < 1.29 is 0 Å². The Bertz CT molecular complexity index is 441. The Kier molecular flexibility index (Phi) is 5.17. The zero-order chi connectivity index (χ0) is 14.8. The van der Waals surface area contributed by atoms with Crippen LogP contribution in [0, 0.1) is 0 Å². The van der Waals surface area contributed by atoms with Crippen molar-refractivity contribution >= 4 is 22.9 Å². The minimum atomic E-state index is 0.231. The lowest BCUT2D eigenvalue weighted by molar-refractivity contribution is -0.00337. The van der Waals surface area contributed by atoms with E-state index in [0.717, 1.165) is 30.4 Å². The van der Waals surface area contributed by atoms with Crippen LogP contribution in [-0.4, -0.2) is 29.1 Å². The zero-order valence-electron chi connectivity index (χ0n) is 13.1. The maximum absolute atomic E-state index is 6.09. The quantitative estimate of drug-likeness (QED) is 0.858. The van der Waals surface area contributed by atoms with Gasteiger partial charge in [-0.05, 0) is 38.3 Å². The highest BCUT2D eigenvalue weighted by molar-refractivity contribution is 7.16. The molecule has 0 aromatic carbocycles. The van der Waals surface area contributed by atoms with Gasteiger partial charge in [-0.15, -0.1) is 11.3 Å². The first kappa shape index (κ1) is 16.3. The number of halogens is 1.